The fourth-order valence-electron chi connectivity index (χ4n) is 4.40. The smallest absolute Gasteiger partial charge is 0.329 e. The number of aryl methyl sites for hydroxylation is 1. The predicted molar refractivity (Wildman–Crippen MR) is 122 cm³/mol. The lowest BCUT2D eigenvalue weighted by atomic mass is 9.99. The van der Waals surface area contributed by atoms with Gasteiger partial charge >= 0.3 is 6.03 Å². The zero-order valence-electron chi connectivity index (χ0n) is 18.6. The molecule has 2 aromatic carbocycles. The lowest BCUT2D eigenvalue weighted by Crippen LogP contribution is -2.51. The molecule has 0 saturated carbocycles. The number of amides is 2. The molecule has 0 radical (unpaired) electrons. The Morgan fingerprint density at radius 2 is 1.64 bits per heavy atom. The Hall–Kier alpha value is -2.52. The van der Waals surface area contributed by atoms with Gasteiger partial charge in [0.2, 0.25) is 0 Å². The van der Waals surface area contributed by atoms with Gasteiger partial charge in [0, 0.05) is 38.3 Å². The molecule has 9 heteroatoms. The van der Waals surface area contributed by atoms with Gasteiger partial charge in [-0.15, -0.1) is 0 Å². The van der Waals surface area contributed by atoms with Crippen LogP contribution in [0.5, 0.6) is 5.75 Å². The molecule has 178 valence electrons. The summed E-state index contributed by atoms with van der Waals surface area (Å²) in [4.78, 5) is 17.3. The summed E-state index contributed by atoms with van der Waals surface area (Å²) in [5.74, 6) is -1.42. The number of carbonyl (C=O) groups is 1. The van der Waals surface area contributed by atoms with E-state index in [1.165, 1.54) is 6.07 Å². The zero-order chi connectivity index (χ0) is 23.4. The highest BCUT2D eigenvalue weighted by atomic mass is 32.2. The fourth-order valence-corrected chi connectivity index (χ4v) is 5.19. The molecule has 0 bridgehead atoms. The van der Waals surface area contributed by atoms with E-state index in [4.69, 9.17) is 4.74 Å². The van der Waals surface area contributed by atoms with Crippen molar-refractivity contribution in [1.29, 1.82) is 0 Å². The second kappa shape index (κ2) is 10.6. The van der Waals surface area contributed by atoms with E-state index in [1.807, 2.05) is 19.1 Å². The first kappa shape index (κ1) is 23.6. The first-order valence-corrected chi connectivity index (χ1v) is 12.4. The molecule has 2 amide bonds. The zero-order valence-corrected chi connectivity index (χ0v) is 19.5. The average molecular weight is 478 g/mol. The highest BCUT2D eigenvalue weighted by molar-refractivity contribution is 7.83. The van der Waals surface area contributed by atoms with E-state index in [1.54, 1.807) is 17.0 Å². The van der Waals surface area contributed by atoms with Crippen molar-refractivity contribution in [2.45, 2.75) is 49.6 Å². The van der Waals surface area contributed by atoms with Gasteiger partial charge in [0.15, 0.2) is 22.6 Å². The van der Waals surface area contributed by atoms with Crippen LogP contribution in [0.1, 0.15) is 31.2 Å². The molecular weight excluding hydrogens is 448 g/mol. The van der Waals surface area contributed by atoms with Gasteiger partial charge in [-0.25, -0.2) is 17.8 Å². The number of benzene rings is 2. The molecule has 2 aliphatic heterocycles. The molecule has 0 spiro atoms. The number of rotatable bonds is 5. The summed E-state index contributed by atoms with van der Waals surface area (Å²) in [5, 5.41) is 0. The highest BCUT2D eigenvalue weighted by Crippen LogP contribution is 2.25. The van der Waals surface area contributed by atoms with E-state index in [9.17, 15) is 17.8 Å². The standard InChI is InChI=1S/C24H29F2N3O3S/c1-17-2-5-21(6-3-17)33(31)27-24(30)29-12-8-18(9-13-29)28-14-10-19(11-15-28)32-20-4-7-22(25)23(26)16-20/h2-7,16,18-19H,8-15H2,1H3,(H,27,30). The molecule has 2 aliphatic rings. The number of likely N-dealkylation sites (tertiary alicyclic amines) is 2. The number of nitrogens with one attached hydrogen (secondary N) is 1. The lowest BCUT2D eigenvalue weighted by Gasteiger charge is -2.41. The van der Waals surface area contributed by atoms with Crippen LogP contribution in [-0.4, -0.2) is 58.4 Å². The van der Waals surface area contributed by atoms with Crippen LogP contribution in [0.25, 0.3) is 0 Å². The van der Waals surface area contributed by atoms with Crippen molar-refractivity contribution in [3.63, 3.8) is 0 Å². The number of nitrogens with zero attached hydrogens (tertiary/aromatic N) is 2. The van der Waals surface area contributed by atoms with E-state index in [2.05, 4.69) is 9.62 Å². The van der Waals surface area contributed by atoms with Crippen molar-refractivity contribution >= 4 is 17.0 Å². The second-order valence-electron chi connectivity index (χ2n) is 8.64. The fraction of sp³-hybridized carbons (Fsp3) is 0.458. The molecule has 4 rings (SSSR count). The summed E-state index contributed by atoms with van der Waals surface area (Å²) in [5.41, 5.74) is 1.07. The highest BCUT2D eigenvalue weighted by Gasteiger charge is 2.30. The minimum atomic E-state index is -1.57. The van der Waals surface area contributed by atoms with Crippen molar-refractivity contribution < 1.29 is 22.5 Å². The van der Waals surface area contributed by atoms with Gasteiger partial charge in [0.1, 0.15) is 11.9 Å². The molecule has 1 unspecified atom stereocenters. The summed E-state index contributed by atoms with van der Waals surface area (Å²) in [6, 6.07) is 11.0. The van der Waals surface area contributed by atoms with Crippen LogP contribution in [0, 0.1) is 18.6 Å². The van der Waals surface area contributed by atoms with Crippen LogP contribution in [0.3, 0.4) is 0 Å². The minimum absolute atomic E-state index is 0.0197. The Morgan fingerprint density at radius 1 is 0.970 bits per heavy atom. The van der Waals surface area contributed by atoms with E-state index in [0.29, 0.717) is 29.8 Å². The molecule has 2 fully saturated rings. The molecule has 0 aromatic heterocycles. The van der Waals surface area contributed by atoms with Crippen LogP contribution in [0.2, 0.25) is 0 Å². The SMILES string of the molecule is Cc1ccc(S(=O)NC(=O)N2CCC(N3CCC(Oc4ccc(F)c(F)c4)CC3)CC2)cc1. The molecule has 1 atom stereocenters. The number of ether oxygens (including phenoxy) is 1. The summed E-state index contributed by atoms with van der Waals surface area (Å²) < 4.78 is 47.3. The summed E-state index contributed by atoms with van der Waals surface area (Å²) >= 11 is 0. The Bertz CT molecular complexity index is 989. The summed E-state index contributed by atoms with van der Waals surface area (Å²) in [7, 11) is -1.57. The predicted octanol–water partition coefficient (Wildman–Crippen LogP) is 4.01. The first-order chi connectivity index (χ1) is 15.9. The van der Waals surface area contributed by atoms with Gasteiger partial charge in [0.05, 0.1) is 4.90 Å². The van der Waals surface area contributed by atoms with Gasteiger partial charge in [0.25, 0.3) is 0 Å². The monoisotopic (exact) mass is 477 g/mol. The Kier molecular flexibility index (Phi) is 7.60. The molecule has 1 N–H and O–H groups in total. The van der Waals surface area contributed by atoms with Gasteiger partial charge in [-0.3, -0.25) is 9.62 Å². The van der Waals surface area contributed by atoms with E-state index >= 15 is 0 Å². The lowest BCUT2D eigenvalue weighted by molar-refractivity contribution is 0.0538. The largest absolute Gasteiger partial charge is 0.490 e. The maximum absolute atomic E-state index is 13.4. The van der Waals surface area contributed by atoms with Crippen LogP contribution in [0.4, 0.5) is 13.6 Å². The third kappa shape index (κ3) is 6.09. The third-order valence-corrected chi connectivity index (χ3v) is 7.41. The van der Waals surface area contributed by atoms with E-state index < -0.39 is 22.6 Å². The molecule has 0 aliphatic carbocycles. The van der Waals surface area contributed by atoms with Gasteiger partial charge in [-0.2, -0.15) is 0 Å². The van der Waals surface area contributed by atoms with Crippen LogP contribution in [-0.2, 0) is 11.0 Å². The number of piperidine rings is 2. The van der Waals surface area contributed by atoms with Gasteiger partial charge in [-0.1, -0.05) is 17.7 Å². The van der Waals surface area contributed by atoms with Crippen LogP contribution in [0.15, 0.2) is 47.4 Å². The molecular formula is C24H29F2N3O3S. The Labute approximate surface area is 195 Å². The van der Waals surface area contributed by atoms with Gasteiger partial charge < -0.3 is 9.64 Å². The van der Waals surface area contributed by atoms with E-state index in [-0.39, 0.29) is 12.1 Å². The average Bonchev–Trinajstić information content (AvgIpc) is 2.82. The van der Waals surface area contributed by atoms with Crippen molar-refractivity contribution in [3.8, 4) is 5.75 Å². The van der Waals surface area contributed by atoms with Crippen molar-refractivity contribution in [2.75, 3.05) is 26.2 Å². The van der Waals surface area contributed by atoms with Gasteiger partial charge in [-0.05, 0) is 56.9 Å². The Balaban J connectivity index is 1.20. The maximum atomic E-state index is 13.4. The van der Waals surface area contributed by atoms with Crippen LogP contribution < -0.4 is 9.46 Å². The minimum Gasteiger partial charge on any atom is -0.490 e. The summed E-state index contributed by atoms with van der Waals surface area (Å²) in [6.45, 7) is 4.92. The molecule has 2 saturated heterocycles. The molecule has 33 heavy (non-hydrogen) atoms. The maximum Gasteiger partial charge on any atom is 0.329 e. The number of hydrogen-bond acceptors (Lipinski definition) is 4. The van der Waals surface area contributed by atoms with Crippen molar-refractivity contribution in [1.82, 2.24) is 14.5 Å². The number of carbonyl (C=O) groups excluding carboxylic acids is 1. The molecule has 2 aromatic rings. The topological polar surface area (TPSA) is 61.9 Å². The molecule has 2 heterocycles. The quantitative estimate of drug-likeness (QED) is 0.707. The van der Waals surface area contributed by atoms with Crippen molar-refractivity contribution in [3.05, 3.63) is 59.7 Å². The summed E-state index contributed by atoms with van der Waals surface area (Å²) in [6.07, 6.45) is 3.33. The first-order valence-electron chi connectivity index (χ1n) is 11.3. The second-order valence-corrected chi connectivity index (χ2v) is 9.85. The number of urea groups is 1. The van der Waals surface area contributed by atoms with Crippen LogP contribution >= 0.6 is 0 Å². The normalized spacial score (nSPS) is 19.3. The van der Waals surface area contributed by atoms with E-state index in [0.717, 1.165) is 56.5 Å². The molecule has 6 nitrogen and oxygen atoms in total. The third-order valence-electron chi connectivity index (χ3n) is 6.35. The number of hydrogen-bond donors (Lipinski definition) is 1. The number of halogens is 2. The Morgan fingerprint density at radius 3 is 2.27 bits per heavy atom. The van der Waals surface area contributed by atoms with Crippen molar-refractivity contribution in [2.24, 2.45) is 0 Å².